The number of likely N-dealkylation sites (N-methyl/N-ethyl adjacent to an activating group) is 1. The van der Waals surface area contributed by atoms with E-state index in [1.807, 2.05) is 37.4 Å². The average Bonchev–Trinajstić information content (AvgIpc) is 3.56. The summed E-state index contributed by atoms with van der Waals surface area (Å²) in [7, 11) is -0.943. The van der Waals surface area contributed by atoms with Crippen molar-refractivity contribution in [2.45, 2.75) is 131 Å². The van der Waals surface area contributed by atoms with Gasteiger partial charge < -0.3 is 40.7 Å². The number of pyridine rings is 2. The predicted molar refractivity (Wildman–Crippen MR) is 257 cm³/mol. The van der Waals surface area contributed by atoms with E-state index in [0.717, 1.165) is 37.2 Å². The SMILES string of the molecule is COc1ccc2c(O[C@@H]3C[C@H]4C(=O)N[C@]5(C(=O)O)CC5C=CCCCCC[C@H](NC(=O)NC5(CN(C)S(=O)(=O)c6ccccn6)CCCCC5)C(=O)N4C3)cc(-c3csc(NC(C)C)n3)nc2c1. The van der Waals surface area contributed by atoms with Crippen molar-refractivity contribution in [2.24, 2.45) is 5.92 Å². The van der Waals surface area contributed by atoms with Gasteiger partial charge in [-0.05, 0) is 76.6 Å². The molecule has 2 aliphatic heterocycles. The summed E-state index contributed by atoms with van der Waals surface area (Å²) >= 11 is 1.45. The van der Waals surface area contributed by atoms with Gasteiger partial charge in [-0.1, -0.05) is 50.3 Å². The van der Waals surface area contributed by atoms with Gasteiger partial charge in [0.05, 0.1) is 30.4 Å². The highest BCUT2D eigenvalue weighted by atomic mass is 32.2. The number of carbonyl (C=O) groups is 4. The maximum atomic E-state index is 15.1. The lowest BCUT2D eigenvalue weighted by molar-refractivity contribution is -0.145. The topological polar surface area (TPSA) is 234 Å². The molecular formula is C48H61N9O9S2. The maximum Gasteiger partial charge on any atom is 0.330 e. The first-order chi connectivity index (χ1) is 32.6. The van der Waals surface area contributed by atoms with Gasteiger partial charge in [-0.25, -0.2) is 33.0 Å². The Morgan fingerprint density at radius 2 is 1.84 bits per heavy atom. The number of anilines is 1. The van der Waals surface area contributed by atoms with E-state index in [-0.39, 0.29) is 43.4 Å². The van der Waals surface area contributed by atoms with E-state index in [1.54, 1.807) is 37.4 Å². The number of urea groups is 1. The zero-order valence-electron chi connectivity index (χ0n) is 38.9. The number of rotatable bonds is 13. The first kappa shape index (κ1) is 48.6. The number of allylic oxidation sites excluding steroid dienone is 1. The molecule has 4 aliphatic rings. The zero-order valence-corrected chi connectivity index (χ0v) is 40.5. The number of nitrogens with one attached hydrogen (secondary N) is 4. The number of ether oxygens (including phenoxy) is 2. The highest BCUT2D eigenvalue weighted by Gasteiger charge is 2.61. The Balaban J connectivity index is 1.09. The molecule has 0 bridgehead atoms. The van der Waals surface area contributed by atoms with Gasteiger partial charge in [0, 0.05) is 61.1 Å². The molecule has 1 saturated heterocycles. The van der Waals surface area contributed by atoms with Crippen molar-refractivity contribution >= 4 is 61.2 Å². The van der Waals surface area contributed by atoms with E-state index in [4.69, 9.17) is 19.4 Å². The van der Waals surface area contributed by atoms with Gasteiger partial charge in [0.2, 0.25) is 11.8 Å². The van der Waals surface area contributed by atoms with Crippen molar-refractivity contribution in [3.63, 3.8) is 0 Å². The first-order valence-corrected chi connectivity index (χ1v) is 25.8. The quantitative estimate of drug-likeness (QED) is 0.0955. The first-order valence-electron chi connectivity index (χ1n) is 23.5. The summed E-state index contributed by atoms with van der Waals surface area (Å²) in [5.41, 5.74) is -0.713. The summed E-state index contributed by atoms with van der Waals surface area (Å²) in [6.45, 7) is 3.99. The molecule has 0 spiro atoms. The summed E-state index contributed by atoms with van der Waals surface area (Å²) in [6, 6.07) is 9.19. The Bertz CT molecular complexity index is 2640. The molecular weight excluding hydrogens is 911 g/mol. The number of thiazole rings is 1. The largest absolute Gasteiger partial charge is 0.497 e. The summed E-state index contributed by atoms with van der Waals surface area (Å²) in [5, 5.41) is 25.8. The van der Waals surface area contributed by atoms with Crippen molar-refractivity contribution in [2.75, 3.05) is 32.6 Å². The van der Waals surface area contributed by atoms with Crippen LogP contribution in [0.4, 0.5) is 9.93 Å². The van der Waals surface area contributed by atoms with E-state index >= 15 is 4.79 Å². The number of sulfonamides is 1. The van der Waals surface area contributed by atoms with Gasteiger partial charge in [0.1, 0.15) is 40.9 Å². The van der Waals surface area contributed by atoms with Crippen LogP contribution in [-0.2, 0) is 24.4 Å². The third-order valence-electron chi connectivity index (χ3n) is 13.4. The monoisotopic (exact) mass is 971 g/mol. The molecule has 364 valence electrons. The van der Waals surface area contributed by atoms with Crippen LogP contribution in [0.25, 0.3) is 22.3 Å². The minimum Gasteiger partial charge on any atom is -0.497 e. The van der Waals surface area contributed by atoms with Crippen LogP contribution in [0, 0.1) is 5.92 Å². The lowest BCUT2D eigenvalue weighted by atomic mass is 9.81. The summed E-state index contributed by atoms with van der Waals surface area (Å²) in [6.07, 6.45) is 11.3. The van der Waals surface area contributed by atoms with Crippen LogP contribution in [0.1, 0.15) is 90.9 Å². The lowest BCUT2D eigenvalue weighted by Gasteiger charge is -2.40. The van der Waals surface area contributed by atoms with Gasteiger partial charge in [-0.15, -0.1) is 11.3 Å². The van der Waals surface area contributed by atoms with E-state index in [9.17, 15) is 27.9 Å². The molecule has 18 nitrogen and oxygen atoms in total. The highest BCUT2D eigenvalue weighted by molar-refractivity contribution is 7.89. The summed E-state index contributed by atoms with van der Waals surface area (Å²) in [5.74, 6) is -1.68. The zero-order chi connectivity index (χ0) is 48.2. The summed E-state index contributed by atoms with van der Waals surface area (Å²) < 4.78 is 40.7. The lowest BCUT2D eigenvalue weighted by Crippen LogP contribution is -2.62. The number of hydrogen-bond donors (Lipinski definition) is 5. The minimum atomic E-state index is -3.98. The molecule has 5 heterocycles. The van der Waals surface area contributed by atoms with Crippen molar-refractivity contribution in [3.8, 4) is 22.9 Å². The standard InChI is InChI=1S/C48H61N9O9S2/c1-30(2)50-46-53-38(28-67-46)37-25-40(34-19-18-32(65-4)23-36(34)51-37)66-33-24-39-42(58)54-48(44(60)61)26-31(48)15-9-6-5-7-10-16-35(43(59)57(39)27-33)52-45(62)55-47(20-12-8-13-21-47)29-56(3)68(63,64)41-17-11-14-22-49-41/h9,11,14-15,17-19,22-23,25,28,30-31,33,35,39H,5-8,10,12-13,16,20-21,24,26-27,29H2,1-4H3,(H,50,53)(H,54,58)(H,60,61)(H2,52,55,62)/t31?,33-,35+,39+,48-/m1/s1. The number of carbonyl (C=O) groups excluding carboxylic acids is 3. The van der Waals surface area contributed by atoms with Crippen LogP contribution in [0.2, 0.25) is 0 Å². The number of nitrogens with zero attached hydrogens (tertiary/aromatic N) is 5. The molecule has 20 heteroatoms. The molecule has 1 unspecified atom stereocenters. The number of methoxy groups -OCH3 is 1. The van der Waals surface area contributed by atoms with Crippen LogP contribution in [0.3, 0.4) is 0 Å². The number of amides is 4. The molecule has 8 rings (SSSR count). The van der Waals surface area contributed by atoms with Crippen LogP contribution >= 0.6 is 11.3 Å². The Morgan fingerprint density at radius 3 is 2.57 bits per heavy atom. The van der Waals surface area contributed by atoms with E-state index < -0.39 is 69.0 Å². The molecule has 4 amide bonds. The van der Waals surface area contributed by atoms with Gasteiger partial charge in [-0.3, -0.25) is 9.59 Å². The third-order valence-corrected chi connectivity index (χ3v) is 15.9. The summed E-state index contributed by atoms with van der Waals surface area (Å²) in [4.78, 5) is 71.8. The number of hydrogen-bond acceptors (Lipinski definition) is 13. The van der Waals surface area contributed by atoms with Crippen molar-refractivity contribution in [3.05, 3.63) is 66.2 Å². The van der Waals surface area contributed by atoms with Crippen LogP contribution in [0.15, 0.2) is 71.2 Å². The highest BCUT2D eigenvalue weighted by Crippen LogP contribution is 2.46. The van der Waals surface area contributed by atoms with Crippen LogP contribution in [-0.4, -0.2) is 124 Å². The number of benzene rings is 1. The maximum absolute atomic E-state index is 15.1. The fourth-order valence-corrected chi connectivity index (χ4v) is 11.8. The average molecular weight is 972 g/mol. The fraction of sp³-hybridized carbons (Fsp3) is 0.521. The Labute approximate surface area is 400 Å². The number of aliphatic carboxylic acids is 1. The molecule has 2 saturated carbocycles. The Morgan fingerprint density at radius 1 is 1.04 bits per heavy atom. The Kier molecular flexibility index (Phi) is 14.6. The number of carboxylic acids is 1. The molecule has 68 heavy (non-hydrogen) atoms. The second-order valence-electron chi connectivity index (χ2n) is 18.8. The molecule has 0 radical (unpaired) electrons. The molecule has 5 atom stereocenters. The molecule has 3 fully saturated rings. The molecule has 3 aromatic heterocycles. The molecule has 1 aromatic carbocycles. The third kappa shape index (κ3) is 10.7. The van der Waals surface area contributed by atoms with E-state index in [1.165, 1.54) is 39.9 Å². The predicted octanol–water partition coefficient (Wildman–Crippen LogP) is 6.10. The Hall–Kier alpha value is -5.86. The van der Waals surface area contributed by atoms with Crippen LogP contribution < -0.4 is 30.7 Å². The van der Waals surface area contributed by atoms with Gasteiger partial charge in [0.25, 0.3) is 10.0 Å². The van der Waals surface area contributed by atoms with Gasteiger partial charge in [0.15, 0.2) is 10.2 Å². The molecule has 2 aliphatic carbocycles. The molecule has 4 aromatic rings. The fourth-order valence-electron chi connectivity index (χ4n) is 9.72. The number of fused-ring (bicyclic) bond motifs is 3. The molecule has 5 N–H and O–H groups in total. The normalized spacial score (nSPS) is 24.3. The number of aromatic nitrogens is 3. The van der Waals surface area contributed by atoms with Crippen molar-refractivity contribution in [1.82, 2.24) is 40.1 Å². The smallest absolute Gasteiger partial charge is 0.330 e. The van der Waals surface area contributed by atoms with Crippen molar-refractivity contribution in [1.29, 1.82) is 0 Å². The number of carboxylic acid groups (broad SMARTS) is 1. The van der Waals surface area contributed by atoms with Gasteiger partial charge >= 0.3 is 12.0 Å². The van der Waals surface area contributed by atoms with E-state index in [0.29, 0.717) is 59.5 Å². The van der Waals surface area contributed by atoms with E-state index in [2.05, 4.69) is 26.3 Å². The second kappa shape index (κ2) is 20.4. The van der Waals surface area contributed by atoms with Crippen molar-refractivity contribution < 1.29 is 42.2 Å². The van der Waals surface area contributed by atoms with Crippen LogP contribution in [0.5, 0.6) is 11.5 Å². The van der Waals surface area contributed by atoms with Gasteiger partial charge in [-0.2, -0.15) is 4.31 Å². The minimum absolute atomic E-state index is 0.0121. The second-order valence-corrected chi connectivity index (χ2v) is 21.6.